The molecule has 2 heterocycles. The zero-order chi connectivity index (χ0) is 11.7. The summed E-state index contributed by atoms with van der Waals surface area (Å²) in [6, 6.07) is 0. The summed E-state index contributed by atoms with van der Waals surface area (Å²) < 4.78 is 5.23. The Morgan fingerprint density at radius 2 is 2.12 bits per heavy atom. The van der Waals surface area contributed by atoms with Crippen molar-refractivity contribution in [1.82, 2.24) is 20.3 Å². The molecule has 0 aromatic carbocycles. The van der Waals surface area contributed by atoms with Crippen molar-refractivity contribution in [2.45, 2.75) is 37.6 Å². The van der Waals surface area contributed by atoms with E-state index in [1.54, 1.807) is 12.4 Å². The predicted molar refractivity (Wildman–Crippen MR) is 60.8 cm³/mol. The average Bonchev–Trinajstić information content (AvgIpc) is 3.01. The van der Waals surface area contributed by atoms with Crippen LogP contribution in [0.15, 0.2) is 16.9 Å². The van der Waals surface area contributed by atoms with Gasteiger partial charge in [0.1, 0.15) is 0 Å². The minimum Gasteiger partial charge on any atom is -0.334 e. The van der Waals surface area contributed by atoms with Crippen molar-refractivity contribution >= 4 is 0 Å². The third-order valence-corrected chi connectivity index (χ3v) is 3.36. The van der Waals surface area contributed by atoms with Gasteiger partial charge in [-0.1, -0.05) is 24.4 Å². The molecular weight excluding hydrogens is 218 g/mol. The average molecular weight is 233 g/mol. The highest BCUT2D eigenvalue weighted by Gasteiger charge is 2.34. The fraction of sp³-hybridized carbons (Fsp3) is 0.545. The number of nitrogens with two attached hydrogens (primary N) is 1. The van der Waals surface area contributed by atoms with Crippen molar-refractivity contribution in [3.63, 3.8) is 0 Å². The standard InChI is InChI=1S/C11H15N5O/c12-11(4-2-1-3-5-11)10-15-9(17-16-10)8-6-13-14-7-8/h6-7H,1-5,12H2,(H,13,14). The van der Waals surface area contributed by atoms with Gasteiger partial charge < -0.3 is 10.3 Å². The molecule has 6 nitrogen and oxygen atoms in total. The Balaban J connectivity index is 1.89. The van der Waals surface area contributed by atoms with Gasteiger partial charge in [-0.25, -0.2) is 0 Å². The van der Waals surface area contributed by atoms with E-state index in [0.29, 0.717) is 11.7 Å². The summed E-state index contributed by atoms with van der Waals surface area (Å²) in [5.74, 6) is 1.09. The summed E-state index contributed by atoms with van der Waals surface area (Å²) in [6.07, 6.45) is 8.74. The van der Waals surface area contributed by atoms with Gasteiger partial charge in [0.05, 0.1) is 17.3 Å². The van der Waals surface area contributed by atoms with Crippen LogP contribution in [0, 0.1) is 0 Å². The Morgan fingerprint density at radius 3 is 2.82 bits per heavy atom. The topological polar surface area (TPSA) is 93.6 Å². The number of nitrogens with zero attached hydrogens (tertiary/aromatic N) is 3. The summed E-state index contributed by atoms with van der Waals surface area (Å²) in [5.41, 5.74) is 6.72. The second-order valence-corrected chi connectivity index (χ2v) is 4.63. The van der Waals surface area contributed by atoms with Crippen LogP contribution in [0.4, 0.5) is 0 Å². The Labute approximate surface area is 98.6 Å². The van der Waals surface area contributed by atoms with Gasteiger partial charge in [0.15, 0.2) is 5.82 Å². The van der Waals surface area contributed by atoms with Gasteiger partial charge in [0, 0.05) is 6.20 Å². The van der Waals surface area contributed by atoms with Crippen LogP contribution >= 0.6 is 0 Å². The van der Waals surface area contributed by atoms with Gasteiger partial charge in [-0.15, -0.1) is 0 Å². The van der Waals surface area contributed by atoms with Gasteiger partial charge >= 0.3 is 0 Å². The summed E-state index contributed by atoms with van der Waals surface area (Å²) in [7, 11) is 0. The van der Waals surface area contributed by atoms with E-state index in [9.17, 15) is 0 Å². The Morgan fingerprint density at radius 1 is 1.29 bits per heavy atom. The van der Waals surface area contributed by atoms with Crippen molar-refractivity contribution in [2.24, 2.45) is 5.73 Å². The SMILES string of the molecule is NC1(c2noc(-c3cn[nH]c3)n2)CCCCC1. The Hall–Kier alpha value is -1.69. The first-order valence-corrected chi connectivity index (χ1v) is 5.90. The van der Waals surface area contributed by atoms with E-state index in [0.717, 1.165) is 31.2 Å². The van der Waals surface area contributed by atoms with Crippen LogP contribution < -0.4 is 5.73 Å². The molecule has 2 aromatic rings. The second kappa shape index (κ2) is 3.96. The molecule has 3 N–H and O–H groups in total. The smallest absolute Gasteiger partial charge is 0.261 e. The summed E-state index contributed by atoms with van der Waals surface area (Å²) in [5, 5.41) is 10.6. The molecule has 6 heteroatoms. The molecule has 0 atom stereocenters. The predicted octanol–water partition coefficient (Wildman–Crippen LogP) is 1.58. The second-order valence-electron chi connectivity index (χ2n) is 4.63. The molecule has 1 aliphatic carbocycles. The van der Waals surface area contributed by atoms with Crippen LogP contribution in [-0.4, -0.2) is 20.3 Å². The Kier molecular flexibility index (Phi) is 2.44. The van der Waals surface area contributed by atoms with E-state index in [-0.39, 0.29) is 0 Å². The van der Waals surface area contributed by atoms with Crippen LogP contribution in [0.2, 0.25) is 0 Å². The third kappa shape index (κ3) is 1.84. The number of hydrogen-bond acceptors (Lipinski definition) is 5. The number of H-pyrrole nitrogens is 1. The first-order valence-electron chi connectivity index (χ1n) is 5.90. The first kappa shape index (κ1) is 10.5. The van der Waals surface area contributed by atoms with Crippen molar-refractivity contribution in [2.75, 3.05) is 0 Å². The first-order chi connectivity index (χ1) is 8.28. The summed E-state index contributed by atoms with van der Waals surface area (Å²) >= 11 is 0. The molecule has 1 saturated carbocycles. The minimum absolute atomic E-state index is 0.413. The number of hydrogen-bond donors (Lipinski definition) is 2. The normalized spacial score (nSPS) is 19.4. The lowest BCUT2D eigenvalue weighted by Crippen LogP contribution is -2.39. The molecular formula is C11H15N5O. The van der Waals surface area contributed by atoms with Crippen molar-refractivity contribution < 1.29 is 4.52 Å². The molecule has 3 rings (SSSR count). The fourth-order valence-electron chi connectivity index (χ4n) is 2.32. The molecule has 0 radical (unpaired) electrons. The number of aromatic amines is 1. The fourth-order valence-corrected chi connectivity index (χ4v) is 2.32. The van der Waals surface area contributed by atoms with Crippen LogP contribution in [0.1, 0.15) is 37.9 Å². The molecule has 2 aromatic heterocycles. The van der Waals surface area contributed by atoms with Crippen LogP contribution in [0.25, 0.3) is 11.5 Å². The maximum Gasteiger partial charge on any atom is 0.261 e. The van der Waals surface area contributed by atoms with E-state index in [4.69, 9.17) is 10.3 Å². The lowest BCUT2D eigenvalue weighted by atomic mass is 9.82. The molecule has 0 bridgehead atoms. The molecule has 0 amide bonds. The van der Waals surface area contributed by atoms with Gasteiger partial charge in [-0.05, 0) is 12.8 Å². The third-order valence-electron chi connectivity index (χ3n) is 3.36. The van der Waals surface area contributed by atoms with E-state index >= 15 is 0 Å². The number of rotatable bonds is 2. The summed E-state index contributed by atoms with van der Waals surface area (Å²) in [4.78, 5) is 4.39. The van der Waals surface area contributed by atoms with E-state index in [1.807, 2.05) is 0 Å². The lowest BCUT2D eigenvalue weighted by molar-refractivity contribution is 0.275. The van der Waals surface area contributed by atoms with E-state index in [1.165, 1.54) is 6.42 Å². The Bertz CT molecular complexity index is 484. The largest absolute Gasteiger partial charge is 0.334 e. The van der Waals surface area contributed by atoms with E-state index in [2.05, 4.69) is 20.3 Å². The zero-order valence-corrected chi connectivity index (χ0v) is 9.52. The number of aromatic nitrogens is 4. The molecule has 1 fully saturated rings. The van der Waals surface area contributed by atoms with Crippen LogP contribution in [0.5, 0.6) is 0 Å². The van der Waals surface area contributed by atoms with Gasteiger partial charge in [0.25, 0.3) is 5.89 Å². The molecule has 1 aliphatic rings. The molecule has 0 unspecified atom stereocenters. The van der Waals surface area contributed by atoms with Gasteiger partial charge in [0.2, 0.25) is 0 Å². The number of nitrogens with one attached hydrogen (secondary N) is 1. The van der Waals surface area contributed by atoms with Crippen LogP contribution in [0.3, 0.4) is 0 Å². The molecule has 0 saturated heterocycles. The maximum atomic E-state index is 6.34. The molecule has 90 valence electrons. The quantitative estimate of drug-likeness (QED) is 0.821. The minimum atomic E-state index is -0.413. The van der Waals surface area contributed by atoms with Gasteiger partial charge in [-0.2, -0.15) is 10.1 Å². The highest BCUT2D eigenvalue weighted by Crippen LogP contribution is 2.33. The molecule has 17 heavy (non-hydrogen) atoms. The van der Waals surface area contributed by atoms with Gasteiger partial charge in [-0.3, -0.25) is 5.10 Å². The maximum absolute atomic E-state index is 6.34. The molecule has 0 spiro atoms. The summed E-state index contributed by atoms with van der Waals surface area (Å²) in [6.45, 7) is 0. The molecule has 0 aliphatic heterocycles. The van der Waals surface area contributed by atoms with Crippen molar-refractivity contribution in [3.8, 4) is 11.5 Å². The monoisotopic (exact) mass is 233 g/mol. The zero-order valence-electron chi connectivity index (χ0n) is 9.52. The van der Waals surface area contributed by atoms with E-state index < -0.39 is 5.54 Å². The van der Waals surface area contributed by atoms with Crippen molar-refractivity contribution in [1.29, 1.82) is 0 Å². The van der Waals surface area contributed by atoms with Crippen LogP contribution in [-0.2, 0) is 5.54 Å². The lowest BCUT2D eigenvalue weighted by Gasteiger charge is -2.29. The highest BCUT2D eigenvalue weighted by molar-refractivity contribution is 5.49. The van der Waals surface area contributed by atoms with Crippen molar-refractivity contribution in [3.05, 3.63) is 18.2 Å². The highest BCUT2D eigenvalue weighted by atomic mass is 16.5.